The minimum absolute atomic E-state index is 0.0214. The number of nitrogens with zero attached hydrogens (tertiary/aromatic N) is 3. The number of fused-ring (bicyclic) bond motifs is 3. The molecule has 2 heterocycles. The molecule has 2 saturated heterocycles. The maximum Gasteiger partial charge on any atom is 0.307 e. The highest BCUT2D eigenvalue weighted by atomic mass is 16.5. The summed E-state index contributed by atoms with van der Waals surface area (Å²) in [5, 5.41) is 11.6. The van der Waals surface area contributed by atoms with Crippen molar-refractivity contribution >= 4 is 22.4 Å². The molecule has 2 unspecified atom stereocenters. The largest absolute Gasteiger partial charge is 0.462 e. The highest BCUT2D eigenvalue weighted by molar-refractivity contribution is 5.98. The summed E-state index contributed by atoms with van der Waals surface area (Å²) >= 11 is 0. The number of anilines is 1. The number of carbonyl (C=O) groups excluding carboxylic acids is 1. The summed E-state index contributed by atoms with van der Waals surface area (Å²) in [5.74, 6) is -0.0876. The van der Waals surface area contributed by atoms with Gasteiger partial charge in [-0.05, 0) is 39.1 Å². The van der Waals surface area contributed by atoms with Crippen molar-refractivity contribution in [2.45, 2.75) is 50.3 Å². The SMILES string of the molecule is CN(C)CCC(=O)OC1CC2CCC(C1)N2c1ccc(C#N)c2ccccc12. The molecule has 2 bridgehead atoms. The van der Waals surface area contributed by atoms with Gasteiger partial charge in [-0.3, -0.25) is 4.79 Å². The zero-order valence-electron chi connectivity index (χ0n) is 16.6. The number of rotatable bonds is 5. The molecular formula is C23H27N3O2. The normalized spacial score (nSPS) is 23.8. The molecule has 0 N–H and O–H groups in total. The number of carbonyl (C=O) groups is 1. The van der Waals surface area contributed by atoms with Crippen molar-refractivity contribution in [2.24, 2.45) is 0 Å². The summed E-state index contributed by atoms with van der Waals surface area (Å²) < 4.78 is 5.80. The van der Waals surface area contributed by atoms with Crippen molar-refractivity contribution in [3.8, 4) is 6.07 Å². The molecule has 28 heavy (non-hydrogen) atoms. The van der Waals surface area contributed by atoms with Gasteiger partial charge in [0.1, 0.15) is 6.10 Å². The fourth-order valence-corrected chi connectivity index (χ4v) is 4.78. The van der Waals surface area contributed by atoms with E-state index in [9.17, 15) is 10.1 Å². The van der Waals surface area contributed by atoms with Gasteiger partial charge >= 0.3 is 5.97 Å². The van der Waals surface area contributed by atoms with Crippen molar-refractivity contribution < 1.29 is 9.53 Å². The molecule has 2 aromatic rings. The standard InChI is InChI=1S/C23H27N3O2/c1-25(2)12-11-23(27)28-19-13-17-8-9-18(14-19)26(17)22-10-7-16(15-24)20-5-3-4-6-21(20)22/h3-7,10,17-19H,8-9,11-14H2,1-2H3. The van der Waals surface area contributed by atoms with Gasteiger partial charge in [-0.1, -0.05) is 24.3 Å². The van der Waals surface area contributed by atoms with E-state index in [2.05, 4.69) is 23.1 Å². The number of hydrogen-bond donors (Lipinski definition) is 0. The van der Waals surface area contributed by atoms with Gasteiger partial charge in [0.15, 0.2) is 0 Å². The number of hydrogen-bond acceptors (Lipinski definition) is 5. The maximum absolute atomic E-state index is 12.2. The predicted molar refractivity (Wildman–Crippen MR) is 110 cm³/mol. The molecule has 5 nitrogen and oxygen atoms in total. The van der Waals surface area contributed by atoms with Gasteiger partial charge in [0.25, 0.3) is 0 Å². The Labute approximate surface area is 166 Å². The van der Waals surface area contributed by atoms with Crippen LogP contribution in [0.3, 0.4) is 0 Å². The van der Waals surface area contributed by atoms with Gasteiger partial charge in [-0.15, -0.1) is 0 Å². The fourth-order valence-electron chi connectivity index (χ4n) is 4.78. The lowest BCUT2D eigenvalue weighted by molar-refractivity contribution is -0.150. The van der Waals surface area contributed by atoms with Crippen LogP contribution in [0.25, 0.3) is 10.8 Å². The van der Waals surface area contributed by atoms with Crippen LogP contribution >= 0.6 is 0 Å². The van der Waals surface area contributed by atoms with Crippen molar-refractivity contribution in [1.82, 2.24) is 4.90 Å². The topological polar surface area (TPSA) is 56.6 Å². The van der Waals surface area contributed by atoms with Crippen LogP contribution in [-0.2, 0) is 9.53 Å². The van der Waals surface area contributed by atoms with E-state index in [0.717, 1.165) is 48.6 Å². The molecule has 0 aliphatic carbocycles. The summed E-state index contributed by atoms with van der Waals surface area (Å²) in [6.45, 7) is 0.724. The smallest absolute Gasteiger partial charge is 0.307 e. The summed E-state index contributed by atoms with van der Waals surface area (Å²) in [6, 6.07) is 15.3. The quantitative estimate of drug-likeness (QED) is 0.744. The minimum atomic E-state index is -0.0876. The second-order valence-corrected chi connectivity index (χ2v) is 8.22. The first-order valence-electron chi connectivity index (χ1n) is 10.1. The molecule has 0 spiro atoms. The second-order valence-electron chi connectivity index (χ2n) is 8.22. The van der Waals surface area contributed by atoms with E-state index in [4.69, 9.17) is 4.74 Å². The Morgan fingerprint density at radius 3 is 2.46 bits per heavy atom. The van der Waals surface area contributed by atoms with Crippen LogP contribution in [0.1, 0.15) is 37.7 Å². The van der Waals surface area contributed by atoms with E-state index in [1.54, 1.807) is 0 Å². The minimum Gasteiger partial charge on any atom is -0.462 e. The van der Waals surface area contributed by atoms with E-state index in [1.807, 2.05) is 43.3 Å². The van der Waals surface area contributed by atoms with E-state index >= 15 is 0 Å². The van der Waals surface area contributed by atoms with Crippen molar-refractivity contribution in [3.05, 3.63) is 42.0 Å². The number of nitriles is 1. The lowest BCUT2D eigenvalue weighted by Gasteiger charge is -2.40. The van der Waals surface area contributed by atoms with Crippen LogP contribution in [0, 0.1) is 11.3 Å². The lowest BCUT2D eigenvalue weighted by Crippen LogP contribution is -2.46. The number of esters is 1. The molecule has 5 heteroatoms. The third-order valence-electron chi connectivity index (χ3n) is 6.05. The summed E-state index contributed by atoms with van der Waals surface area (Å²) in [4.78, 5) is 16.7. The van der Waals surface area contributed by atoms with Crippen molar-refractivity contribution in [3.63, 3.8) is 0 Å². The van der Waals surface area contributed by atoms with Gasteiger partial charge < -0.3 is 14.5 Å². The number of piperidine rings is 1. The predicted octanol–water partition coefficient (Wildman–Crippen LogP) is 3.71. The van der Waals surface area contributed by atoms with Crippen LogP contribution in [0.2, 0.25) is 0 Å². The summed E-state index contributed by atoms with van der Waals surface area (Å²) in [6.07, 6.45) is 4.50. The van der Waals surface area contributed by atoms with E-state index in [-0.39, 0.29) is 12.1 Å². The Kier molecular flexibility index (Phi) is 5.23. The van der Waals surface area contributed by atoms with E-state index in [0.29, 0.717) is 18.5 Å². The van der Waals surface area contributed by atoms with Crippen LogP contribution < -0.4 is 4.90 Å². The molecule has 0 radical (unpaired) electrons. The first-order chi connectivity index (χ1) is 13.6. The Bertz CT molecular complexity index is 904. The molecule has 2 fully saturated rings. The highest BCUT2D eigenvalue weighted by Crippen LogP contribution is 2.43. The number of benzene rings is 2. The average Bonchev–Trinajstić information content (AvgIpc) is 2.95. The van der Waals surface area contributed by atoms with E-state index < -0.39 is 0 Å². The van der Waals surface area contributed by atoms with Crippen LogP contribution in [0.15, 0.2) is 36.4 Å². The Hall–Kier alpha value is -2.58. The van der Waals surface area contributed by atoms with Crippen LogP contribution in [0.4, 0.5) is 5.69 Å². The molecule has 2 aliphatic heterocycles. The van der Waals surface area contributed by atoms with Gasteiger partial charge in [0.05, 0.1) is 18.1 Å². The Morgan fingerprint density at radius 1 is 1.14 bits per heavy atom. The molecule has 2 aromatic carbocycles. The first kappa shape index (κ1) is 18.8. The molecule has 0 aromatic heterocycles. The second kappa shape index (κ2) is 7.81. The van der Waals surface area contributed by atoms with Gasteiger partial charge in [-0.25, -0.2) is 0 Å². The zero-order valence-corrected chi connectivity index (χ0v) is 16.6. The Morgan fingerprint density at radius 2 is 1.82 bits per heavy atom. The fraction of sp³-hybridized carbons (Fsp3) is 0.478. The molecule has 2 aliphatic rings. The van der Waals surface area contributed by atoms with Gasteiger partial charge in [-0.2, -0.15) is 5.26 Å². The summed E-state index contributed by atoms with van der Waals surface area (Å²) in [7, 11) is 3.93. The first-order valence-corrected chi connectivity index (χ1v) is 10.1. The third-order valence-corrected chi connectivity index (χ3v) is 6.05. The summed E-state index contributed by atoms with van der Waals surface area (Å²) in [5.41, 5.74) is 1.93. The molecule has 2 atom stereocenters. The third kappa shape index (κ3) is 3.57. The lowest BCUT2D eigenvalue weighted by atomic mass is 9.96. The zero-order chi connectivity index (χ0) is 19.7. The van der Waals surface area contributed by atoms with Gasteiger partial charge in [0, 0.05) is 47.9 Å². The molecule has 0 amide bonds. The average molecular weight is 377 g/mol. The Balaban J connectivity index is 1.53. The molecular weight excluding hydrogens is 350 g/mol. The van der Waals surface area contributed by atoms with Crippen LogP contribution in [0.5, 0.6) is 0 Å². The molecule has 146 valence electrons. The molecule has 4 rings (SSSR count). The maximum atomic E-state index is 12.2. The van der Waals surface area contributed by atoms with Gasteiger partial charge in [0.2, 0.25) is 0 Å². The highest BCUT2D eigenvalue weighted by Gasteiger charge is 2.42. The monoisotopic (exact) mass is 377 g/mol. The molecule has 0 saturated carbocycles. The van der Waals surface area contributed by atoms with Crippen molar-refractivity contribution in [2.75, 3.05) is 25.5 Å². The van der Waals surface area contributed by atoms with Crippen LogP contribution in [-0.4, -0.2) is 49.7 Å². The van der Waals surface area contributed by atoms with Crippen molar-refractivity contribution in [1.29, 1.82) is 5.26 Å². The number of ether oxygens (including phenoxy) is 1. The van der Waals surface area contributed by atoms with E-state index in [1.165, 1.54) is 5.69 Å².